The lowest BCUT2D eigenvalue weighted by Crippen LogP contribution is -2.21. The van der Waals surface area contributed by atoms with Crippen LogP contribution in [0.1, 0.15) is 0 Å². The monoisotopic (exact) mass is 236 g/mol. The number of carbonyl (C=O) groups excluding carboxylic acids is 1. The Hall–Kier alpha value is -1.58. The van der Waals surface area contributed by atoms with Crippen LogP contribution in [0, 0.1) is 0 Å². The van der Waals surface area contributed by atoms with Crippen molar-refractivity contribution >= 4 is 34.8 Å². The van der Waals surface area contributed by atoms with Gasteiger partial charge in [0.2, 0.25) is 5.91 Å². The fourth-order valence-corrected chi connectivity index (χ4v) is 1.48. The van der Waals surface area contributed by atoms with E-state index >= 15 is 0 Å². The summed E-state index contributed by atoms with van der Waals surface area (Å²) in [6, 6.07) is 13.8. The van der Waals surface area contributed by atoms with Crippen LogP contribution in [-0.4, -0.2) is 12.5 Å². The molecule has 3 N–H and O–H groups in total. The molecule has 2 aromatic carbocycles. The normalized spacial score (nSPS) is 9.56. The van der Waals surface area contributed by atoms with E-state index in [1.807, 2.05) is 42.5 Å². The second-order valence-corrected chi connectivity index (χ2v) is 3.31. The average molecular weight is 237 g/mol. The van der Waals surface area contributed by atoms with Crippen LogP contribution in [0.4, 0.5) is 5.69 Å². The summed E-state index contributed by atoms with van der Waals surface area (Å²) < 4.78 is 0. The van der Waals surface area contributed by atoms with Gasteiger partial charge in [0.15, 0.2) is 0 Å². The SMILES string of the molecule is Cl.NCC(=O)Nc1ccc2ccccc2c1. The van der Waals surface area contributed by atoms with Crippen LogP contribution < -0.4 is 11.1 Å². The summed E-state index contributed by atoms with van der Waals surface area (Å²) in [5, 5.41) is 4.98. The molecule has 0 unspecified atom stereocenters. The first-order chi connectivity index (χ1) is 7.29. The fraction of sp³-hybridized carbons (Fsp3) is 0.0833. The van der Waals surface area contributed by atoms with Gasteiger partial charge in [0, 0.05) is 5.69 Å². The quantitative estimate of drug-likeness (QED) is 0.840. The van der Waals surface area contributed by atoms with Gasteiger partial charge in [0.1, 0.15) is 0 Å². The van der Waals surface area contributed by atoms with Gasteiger partial charge in [0.25, 0.3) is 0 Å². The molecule has 0 fully saturated rings. The number of rotatable bonds is 2. The van der Waals surface area contributed by atoms with Crippen LogP contribution in [0.5, 0.6) is 0 Å². The molecule has 4 heteroatoms. The molecular formula is C12H13ClN2O. The van der Waals surface area contributed by atoms with E-state index in [1.165, 1.54) is 0 Å². The Kier molecular flexibility index (Phi) is 4.28. The van der Waals surface area contributed by atoms with Crippen molar-refractivity contribution in [1.29, 1.82) is 0 Å². The van der Waals surface area contributed by atoms with Crippen molar-refractivity contribution in [1.82, 2.24) is 0 Å². The summed E-state index contributed by atoms with van der Waals surface area (Å²) in [5.74, 6) is -0.176. The van der Waals surface area contributed by atoms with Gasteiger partial charge in [-0.15, -0.1) is 12.4 Å². The molecule has 0 aliphatic carbocycles. The number of carbonyl (C=O) groups is 1. The second-order valence-electron chi connectivity index (χ2n) is 3.31. The van der Waals surface area contributed by atoms with Gasteiger partial charge in [0.05, 0.1) is 6.54 Å². The van der Waals surface area contributed by atoms with Crippen LogP contribution in [0.2, 0.25) is 0 Å². The molecule has 0 saturated carbocycles. The lowest BCUT2D eigenvalue weighted by Gasteiger charge is -2.04. The van der Waals surface area contributed by atoms with Crippen molar-refractivity contribution in [2.24, 2.45) is 5.73 Å². The maximum absolute atomic E-state index is 11.1. The lowest BCUT2D eigenvalue weighted by molar-refractivity contribution is -0.114. The van der Waals surface area contributed by atoms with Gasteiger partial charge < -0.3 is 11.1 Å². The van der Waals surface area contributed by atoms with Gasteiger partial charge in [-0.1, -0.05) is 30.3 Å². The largest absolute Gasteiger partial charge is 0.325 e. The third-order valence-electron chi connectivity index (χ3n) is 2.22. The van der Waals surface area contributed by atoms with Crippen molar-refractivity contribution in [2.45, 2.75) is 0 Å². The number of benzene rings is 2. The second kappa shape index (κ2) is 5.49. The molecule has 0 radical (unpaired) electrons. The summed E-state index contributed by atoms with van der Waals surface area (Å²) in [5.41, 5.74) is 6.00. The predicted molar refractivity (Wildman–Crippen MR) is 68.9 cm³/mol. The van der Waals surface area contributed by atoms with Gasteiger partial charge in [-0.05, 0) is 22.9 Å². The van der Waals surface area contributed by atoms with E-state index in [9.17, 15) is 4.79 Å². The molecule has 0 atom stereocenters. The molecule has 2 rings (SSSR count). The summed E-state index contributed by atoms with van der Waals surface area (Å²) in [6.07, 6.45) is 0. The minimum absolute atomic E-state index is 0. The molecular weight excluding hydrogens is 224 g/mol. The molecule has 2 aromatic rings. The highest BCUT2D eigenvalue weighted by molar-refractivity contribution is 5.95. The third-order valence-corrected chi connectivity index (χ3v) is 2.22. The molecule has 0 heterocycles. The van der Waals surface area contributed by atoms with Crippen LogP contribution >= 0.6 is 12.4 Å². The highest BCUT2D eigenvalue weighted by Gasteiger charge is 1.99. The van der Waals surface area contributed by atoms with E-state index in [1.54, 1.807) is 0 Å². The van der Waals surface area contributed by atoms with Crippen LogP contribution in [0.25, 0.3) is 10.8 Å². The molecule has 0 aromatic heterocycles. The first kappa shape index (κ1) is 12.5. The fourth-order valence-electron chi connectivity index (χ4n) is 1.48. The Balaban J connectivity index is 0.00000128. The van der Waals surface area contributed by atoms with Crippen molar-refractivity contribution in [2.75, 3.05) is 11.9 Å². The number of nitrogens with two attached hydrogens (primary N) is 1. The molecule has 0 spiro atoms. The average Bonchev–Trinajstić information content (AvgIpc) is 2.29. The predicted octanol–water partition coefficient (Wildman–Crippen LogP) is 2.16. The minimum atomic E-state index is -0.176. The Morgan fingerprint density at radius 2 is 1.81 bits per heavy atom. The highest BCUT2D eigenvalue weighted by atomic mass is 35.5. The number of halogens is 1. The first-order valence-corrected chi connectivity index (χ1v) is 4.78. The van der Waals surface area contributed by atoms with Gasteiger partial charge in [-0.25, -0.2) is 0 Å². The zero-order valence-electron chi connectivity index (χ0n) is 8.64. The molecule has 16 heavy (non-hydrogen) atoms. The lowest BCUT2D eigenvalue weighted by atomic mass is 10.1. The minimum Gasteiger partial charge on any atom is -0.325 e. The van der Waals surface area contributed by atoms with Crippen molar-refractivity contribution < 1.29 is 4.79 Å². The molecule has 84 valence electrons. The van der Waals surface area contributed by atoms with E-state index in [2.05, 4.69) is 5.32 Å². The molecule has 0 bridgehead atoms. The molecule has 1 amide bonds. The van der Waals surface area contributed by atoms with E-state index in [0.717, 1.165) is 16.5 Å². The maximum atomic E-state index is 11.1. The number of anilines is 1. The summed E-state index contributed by atoms with van der Waals surface area (Å²) in [7, 11) is 0. The zero-order chi connectivity index (χ0) is 10.7. The smallest absolute Gasteiger partial charge is 0.238 e. The van der Waals surface area contributed by atoms with Crippen LogP contribution in [0.15, 0.2) is 42.5 Å². The van der Waals surface area contributed by atoms with Crippen molar-refractivity contribution in [3.05, 3.63) is 42.5 Å². The summed E-state index contributed by atoms with van der Waals surface area (Å²) >= 11 is 0. The number of fused-ring (bicyclic) bond motifs is 1. The van der Waals surface area contributed by atoms with Crippen LogP contribution in [0.3, 0.4) is 0 Å². The number of hydrogen-bond donors (Lipinski definition) is 2. The Morgan fingerprint density at radius 3 is 2.50 bits per heavy atom. The standard InChI is InChI=1S/C12H12N2O.ClH/c13-8-12(15)14-11-6-5-9-3-1-2-4-10(9)7-11;/h1-7H,8,13H2,(H,14,15);1H. The molecule has 0 aliphatic rings. The summed E-state index contributed by atoms with van der Waals surface area (Å²) in [4.78, 5) is 11.1. The number of hydrogen-bond acceptors (Lipinski definition) is 2. The van der Waals surface area contributed by atoms with E-state index < -0.39 is 0 Å². The van der Waals surface area contributed by atoms with E-state index in [0.29, 0.717) is 0 Å². The maximum Gasteiger partial charge on any atom is 0.238 e. The number of amides is 1. The molecule has 0 saturated heterocycles. The molecule has 3 nitrogen and oxygen atoms in total. The topological polar surface area (TPSA) is 55.1 Å². The molecule has 0 aliphatic heterocycles. The Bertz CT molecular complexity index is 499. The Morgan fingerprint density at radius 1 is 1.12 bits per heavy atom. The summed E-state index contributed by atoms with van der Waals surface area (Å²) in [6.45, 7) is 0.00677. The van der Waals surface area contributed by atoms with E-state index in [4.69, 9.17) is 5.73 Å². The van der Waals surface area contributed by atoms with Gasteiger partial charge in [-0.3, -0.25) is 4.79 Å². The van der Waals surface area contributed by atoms with E-state index in [-0.39, 0.29) is 24.9 Å². The van der Waals surface area contributed by atoms with Crippen molar-refractivity contribution in [3.63, 3.8) is 0 Å². The zero-order valence-corrected chi connectivity index (χ0v) is 9.46. The van der Waals surface area contributed by atoms with Gasteiger partial charge >= 0.3 is 0 Å². The van der Waals surface area contributed by atoms with Crippen LogP contribution in [-0.2, 0) is 4.79 Å². The Labute approximate surface area is 100 Å². The van der Waals surface area contributed by atoms with Gasteiger partial charge in [-0.2, -0.15) is 0 Å². The van der Waals surface area contributed by atoms with Crippen molar-refractivity contribution in [3.8, 4) is 0 Å². The first-order valence-electron chi connectivity index (χ1n) is 4.78. The number of nitrogens with one attached hydrogen (secondary N) is 1. The third kappa shape index (κ3) is 2.72. The highest BCUT2D eigenvalue weighted by Crippen LogP contribution is 2.18.